The molecule has 2 fully saturated rings. The fraction of sp³-hybridized carbons (Fsp3) is 0.474. The van der Waals surface area contributed by atoms with Crippen LogP contribution in [0.25, 0.3) is 11.3 Å². The van der Waals surface area contributed by atoms with E-state index in [4.69, 9.17) is 14.5 Å². The Kier molecular flexibility index (Phi) is 4.26. The molecule has 1 aliphatic carbocycles. The lowest BCUT2D eigenvalue weighted by Crippen LogP contribution is -2.38. The second kappa shape index (κ2) is 6.46. The van der Waals surface area contributed by atoms with Crippen molar-refractivity contribution in [1.82, 2.24) is 4.98 Å². The fourth-order valence-corrected chi connectivity index (χ4v) is 4.66. The van der Waals surface area contributed by atoms with Crippen LogP contribution in [0, 0.1) is 11.3 Å². The summed E-state index contributed by atoms with van der Waals surface area (Å²) < 4.78 is 10.5. The molecular formula is C19H22N2O4S. The van der Waals surface area contributed by atoms with Crippen LogP contribution in [0.2, 0.25) is 0 Å². The molecule has 4 rings (SSSR count). The number of phenolic OH excluding ortho intramolecular Hbond substituents is 1. The molecule has 1 aliphatic heterocycles. The van der Waals surface area contributed by atoms with E-state index in [1.165, 1.54) is 0 Å². The predicted octanol–water partition coefficient (Wildman–Crippen LogP) is 3.30. The van der Waals surface area contributed by atoms with Gasteiger partial charge in [-0.1, -0.05) is 0 Å². The molecule has 7 heteroatoms. The van der Waals surface area contributed by atoms with Crippen LogP contribution < -0.4 is 9.64 Å². The summed E-state index contributed by atoms with van der Waals surface area (Å²) in [5.41, 5.74) is 1.15. The fourth-order valence-electron chi connectivity index (χ4n) is 3.80. The Morgan fingerprint density at radius 2 is 2.35 bits per heavy atom. The van der Waals surface area contributed by atoms with E-state index in [2.05, 4.69) is 4.90 Å². The van der Waals surface area contributed by atoms with Crippen LogP contribution in [-0.4, -0.2) is 42.9 Å². The monoisotopic (exact) mass is 374 g/mol. The number of thiazole rings is 1. The minimum Gasteiger partial charge on any atom is -0.507 e. The first-order valence-electron chi connectivity index (χ1n) is 8.82. The maximum atomic E-state index is 12.2. The zero-order valence-corrected chi connectivity index (χ0v) is 15.7. The molecule has 1 aromatic carbocycles. The second-order valence-electron chi connectivity index (χ2n) is 6.87. The zero-order valence-electron chi connectivity index (χ0n) is 14.9. The molecule has 1 aromatic heterocycles. The van der Waals surface area contributed by atoms with E-state index in [0.29, 0.717) is 23.8 Å². The molecule has 2 aliphatic rings. The number of hydrogen-bond donors (Lipinski definition) is 1. The second-order valence-corrected chi connectivity index (χ2v) is 7.71. The SMILES string of the molecule is CCOC(=O)[C@@]12CCN(c3nc(-c4cc(OC)ccc4O)cs3)CC1C2. The predicted molar refractivity (Wildman–Crippen MR) is 99.8 cm³/mol. The average Bonchev–Trinajstić information content (AvgIpc) is 3.20. The normalized spacial score (nSPS) is 24.1. The van der Waals surface area contributed by atoms with E-state index in [1.807, 2.05) is 12.3 Å². The molecule has 1 saturated carbocycles. The van der Waals surface area contributed by atoms with Gasteiger partial charge in [-0.3, -0.25) is 4.79 Å². The van der Waals surface area contributed by atoms with E-state index in [9.17, 15) is 9.90 Å². The number of esters is 1. The Balaban J connectivity index is 1.50. The van der Waals surface area contributed by atoms with Crippen molar-refractivity contribution in [3.8, 4) is 22.8 Å². The Labute approximate surface area is 156 Å². The van der Waals surface area contributed by atoms with E-state index < -0.39 is 0 Å². The van der Waals surface area contributed by atoms with Crippen molar-refractivity contribution in [1.29, 1.82) is 0 Å². The highest BCUT2D eigenvalue weighted by atomic mass is 32.1. The van der Waals surface area contributed by atoms with Crippen LogP contribution in [-0.2, 0) is 9.53 Å². The van der Waals surface area contributed by atoms with E-state index in [-0.39, 0.29) is 17.1 Å². The van der Waals surface area contributed by atoms with Crippen LogP contribution in [0.4, 0.5) is 5.13 Å². The molecule has 2 aromatic rings. The number of ether oxygens (including phenoxy) is 2. The molecule has 2 atom stereocenters. The molecule has 0 amide bonds. The Bertz CT molecular complexity index is 837. The molecule has 1 unspecified atom stereocenters. The van der Waals surface area contributed by atoms with Crippen molar-refractivity contribution in [2.45, 2.75) is 19.8 Å². The van der Waals surface area contributed by atoms with Gasteiger partial charge in [-0.2, -0.15) is 0 Å². The van der Waals surface area contributed by atoms with Gasteiger partial charge in [0, 0.05) is 24.0 Å². The summed E-state index contributed by atoms with van der Waals surface area (Å²) in [6.07, 6.45) is 1.73. The third-order valence-corrected chi connectivity index (χ3v) is 6.33. The Hall–Kier alpha value is -2.28. The highest BCUT2D eigenvalue weighted by Gasteiger charge is 2.63. The van der Waals surface area contributed by atoms with Gasteiger partial charge in [0.2, 0.25) is 0 Å². The van der Waals surface area contributed by atoms with Gasteiger partial charge in [-0.05, 0) is 43.9 Å². The molecule has 6 nitrogen and oxygen atoms in total. The van der Waals surface area contributed by atoms with Crippen LogP contribution >= 0.6 is 11.3 Å². The number of piperidine rings is 1. The number of benzene rings is 1. The molecule has 138 valence electrons. The van der Waals surface area contributed by atoms with Gasteiger partial charge in [0.25, 0.3) is 0 Å². The van der Waals surface area contributed by atoms with Gasteiger partial charge in [-0.25, -0.2) is 4.98 Å². The largest absolute Gasteiger partial charge is 0.507 e. The number of anilines is 1. The van der Waals surface area contributed by atoms with Crippen molar-refractivity contribution >= 4 is 22.4 Å². The Morgan fingerprint density at radius 3 is 3.08 bits per heavy atom. The molecule has 1 saturated heterocycles. The van der Waals surface area contributed by atoms with Gasteiger partial charge >= 0.3 is 5.97 Å². The standard InChI is InChI=1S/C19H22N2O4S/c1-3-25-17(23)19-6-7-21(10-12(19)9-19)18-20-15(11-26-18)14-8-13(24-2)4-5-16(14)22/h4-5,8,11-12,22H,3,6-7,9-10H2,1-2H3/t12?,19-/m1/s1. The van der Waals surface area contributed by atoms with Gasteiger partial charge < -0.3 is 19.5 Å². The number of aromatic nitrogens is 1. The third-order valence-electron chi connectivity index (χ3n) is 5.42. The number of nitrogens with zero attached hydrogens (tertiary/aromatic N) is 2. The number of methoxy groups -OCH3 is 1. The summed E-state index contributed by atoms with van der Waals surface area (Å²) in [5.74, 6) is 1.19. The first kappa shape index (κ1) is 17.1. The van der Waals surface area contributed by atoms with E-state index in [1.54, 1.807) is 36.6 Å². The van der Waals surface area contributed by atoms with Crippen LogP contribution in [0.3, 0.4) is 0 Å². The number of aromatic hydroxyl groups is 1. The molecule has 26 heavy (non-hydrogen) atoms. The summed E-state index contributed by atoms with van der Waals surface area (Å²) in [6.45, 7) is 3.92. The van der Waals surface area contributed by atoms with Gasteiger partial charge in [0.05, 0.1) is 24.8 Å². The lowest BCUT2D eigenvalue weighted by atomic mass is 9.95. The molecule has 0 radical (unpaired) electrons. The quantitative estimate of drug-likeness (QED) is 0.810. The maximum absolute atomic E-state index is 12.2. The molecular weight excluding hydrogens is 352 g/mol. The van der Waals surface area contributed by atoms with Gasteiger partial charge in [-0.15, -0.1) is 11.3 Å². The molecule has 0 bridgehead atoms. The summed E-state index contributed by atoms with van der Waals surface area (Å²) >= 11 is 1.56. The van der Waals surface area contributed by atoms with Crippen LogP contribution in [0.5, 0.6) is 11.5 Å². The van der Waals surface area contributed by atoms with Crippen molar-refractivity contribution in [2.24, 2.45) is 11.3 Å². The lowest BCUT2D eigenvalue weighted by Gasteiger charge is -2.30. The number of hydrogen-bond acceptors (Lipinski definition) is 7. The smallest absolute Gasteiger partial charge is 0.312 e. The topological polar surface area (TPSA) is 71.9 Å². The van der Waals surface area contributed by atoms with Crippen molar-refractivity contribution < 1.29 is 19.4 Å². The summed E-state index contributed by atoms with van der Waals surface area (Å²) in [7, 11) is 1.60. The van der Waals surface area contributed by atoms with Crippen molar-refractivity contribution in [3.63, 3.8) is 0 Å². The summed E-state index contributed by atoms with van der Waals surface area (Å²) in [6, 6.07) is 5.13. The summed E-state index contributed by atoms with van der Waals surface area (Å²) in [4.78, 5) is 19.1. The number of carbonyl (C=O) groups excluding carboxylic acids is 1. The van der Waals surface area contributed by atoms with Crippen molar-refractivity contribution in [3.05, 3.63) is 23.6 Å². The maximum Gasteiger partial charge on any atom is 0.312 e. The lowest BCUT2D eigenvalue weighted by molar-refractivity contribution is -0.150. The zero-order chi connectivity index (χ0) is 18.3. The minimum atomic E-state index is -0.252. The number of rotatable bonds is 5. The van der Waals surface area contributed by atoms with E-state index in [0.717, 1.165) is 36.8 Å². The highest BCUT2D eigenvalue weighted by molar-refractivity contribution is 7.14. The van der Waals surface area contributed by atoms with Gasteiger partial charge in [0.15, 0.2) is 5.13 Å². The first-order valence-corrected chi connectivity index (χ1v) is 9.70. The van der Waals surface area contributed by atoms with Crippen LogP contribution in [0.15, 0.2) is 23.6 Å². The third kappa shape index (κ3) is 2.80. The first-order chi connectivity index (χ1) is 12.6. The number of fused-ring (bicyclic) bond motifs is 1. The molecule has 0 spiro atoms. The highest BCUT2D eigenvalue weighted by Crippen LogP contribution is 2.59. The molecule has 2 heterocycles. The number of carbonyl (C=O) groups is 1. The molecule has 1 N–H and O–H groups in total. The average molecular weight is 374 g/mol. The number of phenols is 1. The Morgan fingerprint density at radius 1 is 1.50 bits per heavy atom. The van der Waals surface area contributed by atoms with Crippen LogP contribution in [0.1, 0.15) is 19.8 Å². The van der Waals surface area contributed by atoms with Gasteiger partial charge in [0.1, 0.15) is 11.5 Å². The minimum absolute atomic E-state index is 0.0363. The van der Waals surface area contributed by atoms with E-state index >= 15 is 0 Å². The van der Waals surface area contributed by atoms with Crippen molar-refractivity contribution in [2.75, 3.05) is 31.7 Å². The summed E-state index contributed by atoms with van der Waals surface area (Å²) in [5, 5.41) is 13.0.